The predicted molar refractivity (Wildman–Crippen MR) is 126 cm³/mol. The number of rotatable bonds is 15. The fourth-order valence-electron chi connectivity index (χ4n) is 4.18. The van der Waals surface area contributed by atoms with Crippen LogP contribution in [0.2, 0.25) is 0 Å². The van der Waals surface area contributed by atoms with Gasteiger partial charge in [-0.05, 0) is 40.0 Å². The minimum Gasteiger partial charge on any atom is -0.247 e. The Morgan fingerprint density at radius 2 is 0.733 bits per heavy atom. The highest BCUT2D eigenvalue weighted by atomic mass is 16.2. The SMILES string of the molecule is CCCCCC(C)n1c(=O)n(C(C)CCCCC)c(=O)n(C(C)CCCCC)c1=O. The molecule has 0 radical (unpaired) electrons. The molecule has 0 aromatic carbocycles. The lowest BCUT2D eigenvalue weighted by Crippen LogP contribution is -2.56. The van der Waals surface area contributed by atoms with Crippen LogP contribution >= 0.6 is 0 Å². The highest BCUT2D eigenvalue weighted by Gasteiger charge is 2.24. The highest BCUT2D eigenvalue weighted by Crippen LogP contribution is 2.16. The van der Waals surface area contributed by atoms with Gasteiger partial charge in [-0.15, -0.1) is 0 Å². The van der Waals surface area contributed by atoms with E-state index in [1.54, 1.807) is 0 Å². The summed E-state index contributed by atoms with van der Waals surface area (Å²) in [5.74, 6) is 0. The molecule has 1 heterocycles. The van der Waals surface area contributed by atoms with Crippen LogP contribution in [0.4, 0.5) is 0 Å². The highest BCUT2D eigenvalue weighted by molar-refractivity contribution is 4.87. The van der Waals surface area contributed by atoms with Crippen molar-refractivity contribution in [3.05, 3.63) is 31.5 Å². The predicted octanol–water partition coefficient (Wildman–Crippen LogP) is 5.60. The van der Waals surface area contributed by atoms with Crippen LogP contribution in [0.15, 0.2) is 14.4 Å². The van der Waals surface area contributed by atoms with Crippen LogP contribution in [0, 0.1) is 0 Å². The number of aromatic nitrogens is 3. The quantitative estimate of drug-likeness (QED) is 0.345. The van der Waals surface area contributed by atoms with E-state index in [1.807, 2.05) is 20.8 Å². The lowest BCUT2D eigenvalue weighted by molar-refractivity contribution is 0.323. The summed E-state index contributed by atoms with van der Waals surface area (Å²) in [6, 6.07) is -0.624. The molecule has 30 heavy (non-hydrogen) atoms. The average molecular weight is 424 g/mol. The van der Waals surface area contributed by atoms with Gasteiger partial charge in [0.25, 0.3) is 0 Å². The maximum absolute atomic E-state index is 13.3. The minimum atomic E-state index is -0.435. The second kappa shape index (κ2) is 13.7. The summed E-state index contributed by atoms with van der Waals surface area (Å²) < 4.78 is 4.05. The zero-order chi connectivity index (χ0) is 22.7. The van der Waals surface area contributed by atoms with Crippen LogP contribution in [0.5, 0.6) is 0 Å². The molecule has 1 aromatic heterocycles. The van der Waals surface area contributed by atoms with E-state index in [-0.39, 0.29) is 18.1 Å². The fourth-order valence-corrected chi connectivity index (χ4v) is 4.18. The van der Waals surface area contributed by atoms with Gasteiger partial charge in [0, 0.05) is 18.1 Å². The zero-order valence-electron chi connectivity index (χ0n) is 20.3. The third kappa shape index (κ3) is 6.98. The van der Waals surface area contributed by atoms with Crippen molar-refractivity contribution in [2.45, 2.75) is 137 Å². The van der Waals surface area contributed by atoms with Crippen LogP contribution in [-0.4, -0.2) is 13.7 Å². The number of hydrogen-bond acceptors (Lipinski definition) is 3. The van der Waals surface area contributed by atoms with E-state index in [0.717, 1.165) is 77.0 Å². The third-order valence-electron chi connectivity index (χ3n) is 6.24. The molecule has 0 N–H and O–H groups in total. The molecule has 1 rings (SSSR count). The first-order valence-corrected chi connectivity index (χ1v) is 12.3. The molecule has 0 saturated heterocycles. The molecule has 6 nitrogen and oxygen atoms in total. The Labute approximate surface area is 182 Å². The lowest BCUT2D eigenvalue weighted by atomic mass is 10.1. The Morgan fingerprint density at radius 3 is 0.933 bits per heavy atom. The Balaban J connectivity index is 3.46. The van der Waals surface area contributed by atoms with Crippen molar-refractivity contribution >= 4 is 0 Å². The molecule has 0 saturated carbocycles. The van der Waals surface area contributed by atoms with Crippen molar-refractivity contribution < 1.29 is 0 Å². The normalized spacial score (nSPS) is 14.6. The van der Waals surface area contributed by atoms with Gasteiger partial charge in [0.2, 0.25) is 0 Å². The molecular formula is C24H45N3O3. The summed E-state index contributed by atoms with van der Waals surface area (Å²) in [5, 5.41) is 0. The molecule has 6 heteroatoms. The van der Waals surface area contributed by atoms with Gasteiger partial charge in [0.15, 0.2) is 0 Å². The smallest absolute Gasteiger partial charge is 0.247 e. The van der Waals surface area contributed by atoms with Crippen molar-refractivity contribution in [3.8, 4) is 0 Å². The Kier molecular flexibility index (Phi) is 12.0. The second-order valence-electron chi connectivity index (χ2n) is 8.99. The zero-order valence-corrected chi connectivity index (χ0v) is 20.3. The first-order chi connectivity index (χ1) is 14.3. The first kappa shape index (κ1) is 26.4. The van der Waals surface area contributed by atoms with Gasteiger partial charge in [0.1, 0.15) is 0 Å². The third-order valence-corrected chi connectivity index (χ3v) is 6.24. The molecule has 0 amide bonds. The van der Waals surface area contributed by atoms with E-state index >= 15 is 0 Å². The summed E-state index contributed by atoms with van der Waals surface area (Å²) in [6.45, 7) is 12.2. The molecule has 0 aliphatic heterocycles. The maximum Gasteiger partial charge on any atom is 0.336 e. The van der Waals surface area contributed by atoms with Crippen molar-refractivity contribution in [1.82, 2.24) is 13.7 Å². The fraction of sp³-hybridized carbons (Fsp3) is 0.875. The topological polar surface area (TPSA) is 66.0 Å². The molecular weight excluding hydrogens is 378 g/mol. The average Bonchev–Trinajstić information content (AvgIpc) is 2.68. The van der Waals surface area contributed by atoms with Crippen LogP contribution < -0.4 is 17.1 Å². The van der Waals surface area contributed by atoms with E-state index in [1.165, 1.54) is 13.7 Å². The minimum absolute atomic E-state index is 0.208. The maximum atomic E-state index is 13.3. The van der Waals surface area contributed by atoms with Crippen LogP contribution in [-0.2, 0) is 0 Å². The largest absolute Gasteiger partial charge is 0.336 e. The molecule has 1 aromatic rings. The molecule has 0 aliphatic carbocycles. The lowest BCUT2D eigenvalue weighted by Gasteiger charge is -2.24. The van der Waals surface area contributed by atoms with Crippen molar-refractivity contribution in [2.75, 3.05) is 0 Å². The number of unbranched alkanes of at least 4 members (excludes halogenated alkanes) is 6. The van der Waals surface area contributed by atoms with Gasteiger partial charge < -0.3 is 0 Å². The van der Waals surface area contributed by atoms with E-state index < -0.39 is 17.1 Å². The van der Waals surface area contributed by atoms with Gasteiger partial charge in [-0.25, -0.2) is 28.1 Å². The molecule has 0 bridgehead atoms. The number of hydrogen-bond donors (Lipinski definition) is 0. The first-order valence-electron chi connectivity index (χ1n) is 12.3. The van der Waals surface area contributed by atoms with Crippen LogP contribution in [0.1, 0.15) is 137 Å². The van der Waals surface area contributed by atoms with Crippen LogP contribution in [0.3, 0.4) is 0 Å². The molecule has 3 unspecified atom stereocenters. The molecule has 3 atom stereocenters. The van der Waals surface area contributed by atoms with Crippen LogP contribution in [0.25, 0.3) is 0 Å². The number of nitrogens with zero attached hydrogens (tertiary/aromatic N) is 3. The Morgan fingerprint density at radius 1 is 0.500 bits per heavy atom. The Bertz CT molecular complexity index is 655. The van der Waals surface area contributed by atoms with Crippen molar-refractivity contribution in [2.24, 2.45) is 0 Å². The van der Waals surface area contributed by atoms with E-state index in [4.69, 9.17) is 0 Å². The summed E-state index contributed by atoms with van der Waals surface area (Å²) in [5.41, 5.74) is -1.31. The standard InChI is InChI=1S/C24H45N3O3/c1-7-10-13-16-19(4)25-22(28)26(20(5)17-14-11-8-2)24(30)27(23(25)29)21(6)18-15-12-9-3/h19-21H,7-18H2,1-6H3. The Hall–Kier alpha value is -1.59. The van der Waals surface area contributed by atoms with Gasteiger partial charge in [0.05, 0.1) is 0 Å². The molecule has 0 aliphatic rings. The molecule has 0 fully saturated rings. The van der Waals surface area contributed by atoms with Crippen molar-refractivity contribution in [1.29, 1.82) is 0 Å². The van der Waals surface area contributed by atoms with Gasteiger partial charge in [-0.3, -0.25) is 0 Å². The summed E-state index contributed by atoms with van der Waals surface area (Å²) in [7, 11) is 0. The summed E-state index contributed by atoms with van der Waals surface area (Å²) >= 11 is 0. The van der Waals surface area contributed by atoms with Gasteiger partial charge in [-0.1, -0.05) is 78.6 Å². The summed E-state index contributed by atoms with van der Waals surface area (Å²) in [6.07, 6.45) is 11.7. The van der Waals surface area contributed by atoms with Gasteiger partial charge in [-0.2, -0.15) is 0 Å². The monoisotopic (exact) mass is 423 g/mol. The second-order valence-corrected chi connectivity index (χ2v) is 8.99. The van der Waals surface area contributed by atoms with E-state index in [0.29, 0.717) is 0 Å². The summed E-state index contributed by atoms with van der Waals surface area (Å²) in [4.78, 5) is 39.9. The van der Waals surface area contributed by atoms with Gasteiger partial charge >= 0.3 is 17.1 Å². The molecule has 0 spiro atoms. The van der Waals surface area contributed by atoms with Crippen molar-refractivity contribution in [3.63, 3.8) is 0 Å². The van der Waals surface area contributed by atoms with E-state index in [9.17, 15) is 14.4 Å². The molecule has 174 valence electrons. The van der Waals surface area contributed by atoms with E-state index in [2.05, 4.69) is 20.8 Å².